The first-order valence-corrected chi connectivity index (χ1v) is 11.5. The summed E-state index contributed by atoms with van der Waals surface area (Å²) in [6.07, 6.45) is 15.4. The van der Waals surface area contributed by atoms with Gasteiger partial charge in [0.1, 0.15) is 5.75 Å². The number of hydrogen-bond acceptors (Lipinski definition) is 2. The molecule has 0 atom stereocenters. The van der Waals surface area contributed by atoms with E-state index in [-0.39, 0.29) is 5.75 Å². The monoisotopic (exact) mass is 431 g/mol. The largest absolute Gasteiger partial charge is 0.573 e. The van der Waals surface area contributed by atoms with Gasteiger partial charge in [0.05, 0.1) is 6.07 Å². The molecule has 2 aliphatic rings. The van der Waals surface area contributed by atoms with Crippen LogP contribution < -0.4 is 4.74 Å². The third-order valence-electron chi connectivity index (χ3n) is 6.97. The van der Waals surface area contributed by atoms with E-state index >= 15 is 0 Å². The van der Waals surface area contributed by atoms with E-state index in [1.165, 1.54) is 69.6 Å². The molecule has 3 rings (SSSR count). The zero-order valence-corrected chi connectivity index (χ0v) is 18.0. The average Bonchev–Trinajstić information content (AvgIpc) is 2.76. The van der Waals surface area contributed by atoms with Gasteiger partial charge in [-0.3, -0.25) is 0 Å². The molecule has 0 spiro atoms. The third-order valence-corrected chi connectivity index (χ3v) is 6.97. The Morgan fingerprint density at radius 3 is 2.00 bits per heavy atom. The molecule has 0 bridgehead atoms. The summed E-state index contributed by atoms with van der Waals surface area (Å²) < 4.78 is 40.9. The number of allylic oxidation sites excluding steroid dienone is 4. The van der Waals surface area contributed by atoms with Crippen molar-refractivity contribution in [3.05, 3.63) is 54.1 Å². The maximum Gasteiger partial charge on any atom is 0.573 e. The van der Waals surface area contributed by atoms with Crippen LogP contribution in [0.25, 0.3) is 0 Å². The minimum Gasteiger partial charge on any atom is -0.406 e. The maximum atomic E-state index is 12.3. The van der Waals surface area contributed by atoms with Crippen LogP contribution in [-0.2, 0) is 0 Å². The number of benzene rings is 1. The predicted octanol–water partition coefficient (Wildman–Crippen LogP) is 8.08. The number of halogens is 3. The molecule has 2 aliphatic carbocycles. The van der Waals surface area contributed by atoms with E-state index in [2.05, 4.69) is 10.8 Å². The predicted molar refractivity (Wildman–Crippen MR) is 116 cm³/mol. The van der Waals surface area contributed by atoms with Gasteiger partial charge in [0, 0.05) is 6.08 Å². The second-order valence-electron chi connectivity index (χ2n) is 9.07. The van der Waals surface area contributed by atoms with E-state index < -0.39 is 6.36 Å². The Hall–Kier alpha value is -2.22. The molecule has 1 aromatic rings. The number of ether oxygens (including phenoxy) is 1. The summed E-state index contributed by atoms with van der Waals surface area (Å²) in [6, 6.07) is 8.44. The molecular weight excluding hydrogens is 399 g/mol. The number of nitrogens with zero attached hydrogens (tertiary/aromatic N) is 1. The third kappa shape index (κ3) is 8.09. The fourth-order valence-corrected chi connectivity index (χ4v) is 5.19. The Morgan fingerprint density at radius 2 is 1.45 bits per heavy atom. The van der Waals surface area contributed by atoms with Crippen molar-refractivity contribution >= 4 is 0 Å². The molecule has 168 valence electrons. The first-order chi connectivity index (χ1) is 14.9. The average molecular weight is 432 g/mol. The molecule has 31 heavy (non-hydrogen) atoms. The number of rotatable bonds is 7. The molecule has 5 heteroatoms. The molecular formula is C26H32F3NO. The van der Waals surface area contributed by atoms with Gasteiger partial charge in [0.15, 0.2) is 0 Å². The highest BCUT2D eigenvalue weighted by Gasteiger charge is 2.31. The highest BCUT2D eigenvalue weighted by molar-refractivity contribution is 5.29. The van der Waals surface area contributed by atoms with Crippen molar-refractivity contribution in [2.24, 2.45) is 17.8 Å². The molecule has 0 N–H and O–H groups in total. The van der Waals surface area contributed by atoms with Gasteiger partial charge in [0.2, 0.25) is 0 Å². The van der Waals surface area contributed by atoms with E-state index in [9.17, 15) is 13.2 Å². The first kappa shape index (κ1) is 23.4. The number of hydrogen-bond donors (Lipinski definition) is 0. The van der Waals surface area contributed by atoms with Crippen molar-refractivity contribution in [3.8, 4) is 11.8 Å². The maximum absolute atomic E-state index is 12.3. The Balaban J connectivity index is 1.34. The van der Waals surface area contributed by atoms with Gasteiger partial charge in [-0.15, -0.1) is 13.2 Å². The molecule has 1 aromatic carbocycles. The highest BCUT2D eigenvalue weighted by Crippen LogP contribution is 2.40. The van der Waals surface area contributed by atoms with Gasteiger partial charge < -0.3 is 4.74 Å². The van der Waals surface area contributed by atoms with Crippen LogP contribution in [0.2, 0.25) is 0 Å². The molecule has 0 aromatic heterocycles. The SMILES string of the molecule is N#C/C=C/C=C/[C@H]1CC[C@H](CC[C@H]2CC[C@H](c3ccc(OC(F)(F)F)cc3)CC2)CC1. The minimum absolute atomic E-state index is 0.145. The Kier molecular flexibility index (Phi) is 8.63. The molecule has 2 nitrogen and oxygen atoms in total. The first-order valence-electron chi connectivity index (χ1n) is 11.5. The van der Waals surface area contributed by atoms with Crippen LogP contribution in [0, 0.1) is 29.1 Å². The molecule has 0 heterocycles. The van der Waals surface area contributed by atoms with Gasteiger partial charge in [0.25, 0.3) is 0 Å². The molecule has 0 radical (unpaired) electrons. The summed E-state index contributed by atoms with van der Waals surface area (Å²) in [6.45, 7) is 0. The van der Waals surface area contributed by atoms with Crippen LogP contribution in [0.4, 0.5) is 13.2 Å². The van der Waals surface area contributed by atoms with Crippen molar-refractivity contribution in [1.29, 1.82) is 5.26 Å². The van der Waals surface area contributed by atoms with Crippen LogP contribution in [0.5, 0.6) is 5.75 Å². The molecule has 2 saturated carbocycles. The highest BCUT2D eigenvalue weighted by atomic mass is 19.4. The Bertz CT molecular complexity index is 759. The molecule has 2 fully saturated rings. The number of nitriles is 1. The van der Waals surface area contributed by atoms with Crippen LogP contribution in [-0.4, -0.2) is 6.36 Å². The number of alkyl halides is 3. The van der Waals surface area contributed by atoms with Crippen molar-refractivity contribution in [3.63, 3.8) is 0 Å². The van der Waals surface area contributed by atoms with Gasteiger partial charge in [-0.1, -0.05) is 43.2 Å². The smallest absolute Gasteiger partial charge is 0.406 e. The molecule has 0 aliphatic heterocycles. The zero-order chi connectivity index (χ0) is 22.1. The second kappa shape index (κ2) is 11.4. The van der Waals surface area contributed by atoms with Gasteiger partial charge >= 0.3 is 6.36 Å². The quantitative estimate of drug-likeness (QED) is 0.323. The summed E-state index contributed by atoms with van der Waals surface area (Å²) >= 11 is 0. The Labute approximate surface area is 183 Å². The van der Waals surface area contributed by atoms with Crippen LogP contribution in [0.3, 0.4) is 0 Å². The zero-order valence-electron chi connectivity index (χ0n) is 18.0. The fourth-order valence-electron chi connectivity index (χ4n) is 5.19. The summed E-state index contributed by atoms with van der Waals surface area (Å²) in [5, 5.41) is 8.51. The van der Waals surface area contributed by atoms with E-state index in [0.29, 0.717) is 11.8 Å². The van der Waals surface area contributed by atoms with Crippen molar-refractivity contribution in [1.82, 2.24) is 0 Å². The molecule has 0 unspecified atom stereocenters. The van der Waals surface area contributed by atoms with Crippen molar-refractivity contribution in [2.45, 2.75) is 76.5 Å². The lowest BCUT2D eigenvalue weighted by molar-refractivity contribution is -0.274. The summed E-state index contributed by atoms with van der Waals surface area (Å²) in [5.41, 5.74) is 1.13. The lowest BCUT2D eigenvalue weighted by Gasteiger charge is -2.31. The fraction of sp³-hybridized carbons (Fsp3) is 0.577. The lowest BCUT2D eigenvalue weighted by Crippen LogP contribution is -2.18. The topological polar surface area (TPSA) is 33.0 Å². The van der Waals surface area contributed by atoms with Crippen molar-refractivity contribution < 1.29 is 17.9 Å². The standard InChI is InChI=1S/C26H32F3NO/c27-26(28,29)31-25-17-15-24(16-18-25)23-13-11-22(12-14-23)10-9-21-7-5-20(6-8-21)4-2-1-3-19-30/h1-4,15-18,20-23H,5-14H2/b3-1+,4-2+/t20-,21-,22-,23-. The van der Waals surface area contributed by atoms with Crippen LogP contribution in [0.15, 0.2) is 48.6 Å². The minimum atomic E-state index is -4.63. The normalized spacial score (nSPS) is 27.4. The molecule has 0 saturated heterocycles. The van der Waals surface area contributed by atoms with Gasteiger partial charge in [-0.25, -0.2) is 0 Å². The van der Waals surface area contributed by atoms with Crippen LogP contribution >= 0.6 is 0 Å². The molecule has 0 amide bonds. The van der Waals surface area contributed by atoms with Crippen LogP contribution in [0.1, 0.15) is 75.7 Å². The summed E-state index contributed by atoms with van der Waals surface area (Å²) in [5.74, 6) is 2.60. The van der Waals surface area contributed by atoms with E-state index in [1.807, 2.05) is 18.2 Å². The van der Waals surface area contributed by atoms with Gasteiger partial charge in [-0.2, -0.15) is 5.26 Å². The van der Waals surface area contributed by atoms with E-state index in [1.54, 1.807) is 12.1 Å². The second-order valence-corrected chi connectivity index (χ2v) is 9.07. The van der Waals surface area contributed by atoms with E-state index in [4.69, 9.17) is 5.26 Å². The summed E-state index contributed by atoms with van der Waals surface area (Å²) in [4.78, 5) is 0. The van der Waals surface area contributed by atoms with Gasteiger partial charge in [-0.05, 0) is 92.7 Å². The Morgan fingerprint density at radius 1 is 0.871 bits per heavy atom. The summed E-state index contributed by atoms with van der Waals surface area (Å²) in [7, 11) is 0. The van der Waals surface area contributed by atoms with Crippen molar-refractivity contribution in [2.75, 3.05) is 0 Å². The lowest BCUT2D eigenvalue weighted by atomic mass is 9.74. The van der Waals surface area contributed by atoms with E-state index in [0.717, 1.165) is 30.2 Å².